The Balaban J connectivity index is 0.000000198. The molecule has 0 spiro atoms. The number of aromatic amines is 1. The topological polar surface area (TPSA) is 108 Å². The van der Waals surface area contributed by atoms with Crippen LogP contribution in [0.3, 0.4) is 0 Å². The van der Waals surface area contributed by atoms with Crippen molar-refractivity contribution in [1.82, 2.24) is 15.3 Å². The smallest absolute Gasteiger partial charge is 0.207 e. The summed E-state index contributed by atoms with van der Waals surface area (Å²) in [6.07, 6.45) is 5.48. The van der Waals surface area contributed by atoms with E-state index in [2.05, 4.69) is 28.3 Å². The monoisotopic (exact) mass is 351 g/mol. The van der Waals surface area contributed by atoms with Crippen LogP contribution in [0.4, 0.5) is 5.82 Å². The summed E-state index contributed by atoms with van der Waals surface area (Å²) in [4.78, 5) is 16.7. The van der Waals surface area contributed by atoms with Crippen molar-refractivity contribution in [3.8, 4) is 0 Å². The molecule has 0 unspecified atom stereocenters. The number of benzene rings is 1. The molecule has 0 atom stereocenters. The number of pyridine rings is 1. The number of amides is 1. The standard InChI is InChI=1S/C8H9NO.C6H7N3.C6H9N/c10-7-9-6-8-4-2-1-3-5-8;7-4-5-2-1-3-9-6(5)8;1-5-3-6(2)7-4-5/h1-5,7H,6H2,(H,9,10);1-4,7H,(H2,8,9);3-4,7H,1-2H3. The van der Waals surface area contributed by atoms with E-state index in [0.29, 0.717) is 24.3 Å². The maximum Gasteiger partial charge on any atom is 0.207 e. The van der Waals surface area contributed by atoms with Gasteiger partial charge in [-0.1, -0.05) is 30.3 Å². The van der Waals surface area contributed by atoms with Gasteiger partial charge < -0.3 is 21.4 Å². The number of H-pyrrole nitrogens is 1. The Morgan fingerprint density at radius 3 is 2.35 bits per heavy atom. The lowest BCUT2D eigenvalue weighted by Crippen LogP contribution is -2.09. The molecule has 0 saturated heterocycles. The molecular weight excluding hydrogens is 326 g/mol. The van der Waals surface area contributed by atoms with Gasteiger partial charge in [-0.3, -0.25) is 4.79 Å². The van der Waals surface area contributed by atoms with Crippen LogP contribution in [0.1, 0.15) is 22.4 Å². The predicted molar refractivity (Wildman–Crippen MR) is 106 cm³/mol. The zero-order valence-electron chi connectivity index (χ0n) is 15.1. The van der Waals surface area contributed by atoms with Gasteiger partial charge in [0.05, 0.1) is 0 Å². The molecule has 26 heavy (non-hydrogen) atoms. The lowest BCUT2D eigenvalue weighted by atomic mass is 10.2. The van der Waals surface area contributed by atoms with Crippen molar-refractivity contribution in [2.45, 2.75) is 20.4 Å². The van der Waals surface area contributed by atoms with Crippen molar-refractivity contribution in [2.24, 2.45) is 0 Å². The largest absolute Gasteiger partial charge is 0.383 e. The molecule has 5 N–H and O–H groups in total. The molecule has 1 amide bonds. The third-order valence-corrected chi connectivity index (χ3v) is 3.23. The number of anilines is 1. The quantitative estimate of drug-likeness (QED) is 0.428. The Morgan fingerprint density at radius 1 is 1.19 bits per heavy atom. The molecule has 0 bridgehead atoms. The average molecular weight is 351 g/mol. The van der Waals surface area contributed by atoms with Crippen LogP contribution >= 0.6 is 0 Å². The summed E-state index contributed by atoms with van der Waals surface area (Å²) in [5.74, 6) is 0.410. The minimum atomic E-state index is 0.410. The number of hydrogen-bond acceptors (Lipinski definition) is 4. The maximum absolute atomic E-state index is 9.87. The van der Waals surface area contributed by atoms with Crippen LogP contribution in [-0.2, 0) is 11.3 Å². The van der Waals surface area contributed by atoms with Crippen LogP contribution in [0.15, 0.2) is 60.9 Å². The van der Waals surface area contributed by atoms with Gasteiger partial charge in [0.15, 0.2) is 0 Å². The molecule has 3 aromatic rings. The molecule has 0 aliphatic heterocycles. The van der Waals surface area contributed by atoms with Gasteiger partial charge in [0.25, 0.3) is 0 Å². The van der Waals surface area contributed by atoms with Crippen LogP contribution in [0.25, 0.3) is 0 Å². The first-order chi connectivity index (χ1) is 12.6. The summed E-state index contributed by atoms with van der Waals surface area (Å²) in [6.45, 7) is 4.74. The number of aromatic nitrogens is 2. The Labute approximate surface area is 154 Å². The molecule has 0 aliphatic carbocycles. The highest BCUT2D eigenvalue weighted by Crippen LogP contribution is 2.01. The van der Waals surface area contributed by atoms with E-state index < -0.39 is 0 Å². The number of carbonyl (C=O) groups is 1. The molecule has 0 radical (unpaired) electrons. The Morgan fingerprint density at radius 2 is 1.92 bits per heavy atom. The second-order valence-electron chi connectivity index (χ2n) is 5.47. The number of nitrogens with two attached hydrogens (primary N) is 1. The number of rotatable bonds is 4. The molecule has 6 nitrogen and oxygen atoms in total. The maximum atomic E-state index is 9.87. The van der Waals surface area contributed by atoms with Gasteiger partial charge in [0, 0.05) is 36.4 Å². The van der Waals surface area contributed by atoms with Crippen molar-refractivity contribution in [1.29, 1.82) is 5.41 Å². The van der Waals surface area contributed by atoms with E-state index >= 15 is 0 Å². The zero-order valence-corrected chi connectivity index (χ0v) is 15.1. The van der Waals surface area contributed by atoms with Crippen LogP contribution in [-0.4, -0.2) is 22.6 Å². The highest BCUT2D eigenvalue weighted by Gasteiger charge is 1.90. The fourth-order valence-electron chi connectivity index (χ4n) is 1.96. The van der Waals surface area contributed by atoms with Crippen molar-refractivity contribution < 1.29 is 4.79 Å². The Kier molecular flexibility index (Phi) is 9.54. The van der Waals surface area contributed by atoms with Crippen molar-refractivity contribution >= 4 is 18.4 Å². The Bertz CT molecular complexity index is 767. The van der Waals surface area contributed by atoms with E-state index in [1.54, 1.807) is 18.3 Å². The second kappa shape index (κ2) is 12.0. The molecule has 0 fully saturated rings. The summed E-state index contributed by atoms with van der Waals surface area (Å²) in [7, 11) is 0. The molecule has 0 aliphatic rings. The lowest BCUT2D eigenvalue weighted by molar-refractivity contribution is -0.109. The van der Waals surface area contributed by atoms with Crippen LogP contribution in [0, 0.1) is 19.3 Å². The number of nitrogens with zero attached hydrogens (tertiary/aromatic N) is 1. The van der Waals surface area contributed by atoms with Crippen molar-refractivity contribution in [3.05, 3.63) is 83.3 Å². The van der Waals surface area contributed by atoms with Crippen LogP contribution in [0.2, 0.25) is 0 Å². The number of nitrogens with one attached hydrogen (secondary N) is 3. The van der Waals surface area contributed by atoms with E-state index in [4.69, 9.17) is 11.1 Å². The van der Waals surface area contributed by atoms with E-state index in [1.807, 2.05) is 43.5 Å². The molecule has 2 heterocycles. The summed E-state index contributed by atoms with van der Waals surface area (Å²) >= 11 is 0. The van der Waals surface area contributed by atoms with Gasteiger partial charge in [0.2, 0.25) is 6.41 Å². The highest BCUT2D eigenvalue weighted by molar-refractivity contribution is 5.82. The lowest BCUT2D eigenvalue weighted by Gasteiger charge is -1.96. The van der Waals surface area contributed by atoms with E-state index in [1.165, 1.54) is 17.5 Å². The number of hydrogen-bond donors (Lipinski definition) is 4. The van der Waals surface area contributed by atoms with E-state index in [-0.39, 0.29) is 0 Å². The first-order valence-electron chi connectivity index (χ1n) is 8.10. The Hall–Kier alpha value is -3.41. The molecular formula is C20H25N5O. The zero-order chi connectivity index (χ0) is 19.2. The van der Waals surface area contributed by atoms with Gasteiger partial charge in [0.1, 0.15) is 5.82 Å². The number of carbonyl (C=O) groups excluding carboxylic acids is 1. The molecule has 6 heteroatoms. The summed E-state index contributed by atoms with van der Waals surface area (Å²) in [6, 6.07) is 15.4. The first kappa shape index (κ1) is 20.6. The van der Waals surface area contributed by atoms with E-state index in [9.17, 15) is 4.79 Å². The van der Waals surface area contributed by atoms with Gasteiger partial charge in [-0.05, 0) is 43.2 Å². The van der Waals surface area contributed by atoms with Gasteiger partial charge >= 0.3 is 0 Å². The summed E-state index contributed by atoms with van der Waals surface area (Å²) in [5, 5.41) is 9.42. The molecule has 2 aromatic heterocycles. The third kappa shape index (κ3) is 8.44. The summed E-state index contributed by atoms with van der Waals surface area (Å²) in [5.41, 5.74) is 9.69. The fourth-order valence-corrected chi connectivity index (χ4v) is 1.96. The average Bonchev–Trinajstić information content (AvgIpc) is 3.05. The molecule has 1 aromatic carbocycles. The van der Waals surface area contributed by atoms with Gasteiger partial charge in [-0.15, -0.1) is 0 Å². The predicted octanol–water partition coefficient (Wildman–Crippen LogP) is 3.23. The first-order valence-corrected chi connectivity index (χ1v) is 8.10. The van der Waals surface area contributed by atoms with Crippen molar-refractivity contribution in [2.75, 3.05) is 5.73 Å². The normalized spacial score (nSPS) is 9.00. The van der Waals surface area contributed by atoms with Gasteiger partial charge in [-0.2, -0.15) is 0 Å². The molecule has 3 rings (SSSR count). The van der Waals surface area contributed by atoms with Crippen molar-refractivity contribution in [3.63, 3.8) is 0 Å². The summed E-state index contributed by atoms with van der Waals surface area (Å²) < 4.78 is 0. The number of nitrogen functional groups attached to an aromatic ring is 1. The molecule has 136 valence electrons. The minimum Gasteiger partial charge on any atom is -0.383 e. The van der Waals surface area contributed by atoms with Crippen LogP contribution < -0.4 is 11.1 Å². The minimum absolute atomic E-state index is 0.410. The SMILES string of the molecule is Cc1c[nH]c(C)c1.N=Cc1cccnc1N.O=CNCc1ccccc1. The van der Waals surface area contributed by atoms with Crippen LogP contribution in [0.5, 0.6) is 0 Å². The highest BCUT2D eigenvalue weighted by atomic mass is 16.1. The number of aryl methyl sites for hydroxylation is 2. The van der Waals surface area contributed by atoms with Gasteiger partial charge in [-0.25, -0.2) is 4.98 Å². The van der Waals surface area contributed by atoms with E-state index in [0.717, 1.165) is 5.56 Å². The second-order valence-corrected chi connectivity index (χ2v) is 5.47. The third-order valence-electron chi connectivity index (χ3n) is 3.23. The molecule has 0 saturated carbocycles. The fraction of sp³-hybridized carbons (Fsp3) is 0.150.